The van der Waals surface area contributed by atoms with Crippen LogP contribution >= 0.6 is 0 Å². The second kappa shape index (κ2) is 5.20. The molecule has 1 amide bonds. The fourth-order valence-corrected chi connectivity index (χ4v) is 1.75. The molecular formula is C13H9F3N2O2. The molecule has 0 atom stereocenters. The fourth-order valence-electron chi connectivity index (χ4n) is 1.75. The average molecular weight is 282 g/mol. The number of rotatable bonds is 2. The van der Waals surface area contributed by atoms with E-state index in [-0.39, 0.29) is 5.56 Å². The predicted octanol–water partition coefficient (Wildman–Crippen LogP) is 3.22. The van der Waals surface area contributed by atoms with E-state index in [1.54, 1.807) is 18.2 Å². The van der Waals surface area contributed by atoms with Crippen molar-refractivity contribution in [3.63, 3.8) is 0 Å². The van der Waals surface area contributed by atoms with E-state index >= 15 is 0 Å². The van der Waals surface area contributed by atoms with Gasteiger partial charge >= 0.3 is 12.3 Å². The summed E-state index contributed by atoms with van der Waals surface area (Å²) in [5.74, 6) is -0.855. The molecule has 0 fully saturated rings. The van der Waals surface area contributed by atoms with Crippen molar-refractivity contribution in [3.8, 4) is 17.0 Å². The largest absolute Gasteiger partial charge is 0.422 e. The highest BCUT2D eigenvalue weighted by Gasteiger charge is 2.39. The van der Waals surface area contributed by atoms with Crippen molar-refractivity contribution in [1.29, 1.82) is 0 Å². The van der Waals surface area contributed by atoms with Crippen LogP contribution < -0.4 is 10.5 Å². The van der Waals surface area contributed by atoms with Crippen LogP contribution in [0.15, 0.2) is 42.6 Å². The number of halogens is 3. The Labute approximate surface area is 112 Å². The first-order valence-electron chi connectivity index (χ1n) is 5.48. The highest BCUT2D eigenvalue weighted by Crippen LogP contribution is 2.41. The summed E-state index contributed by atoms with van der Waals surface area (Å²) in [4.78, 5) is 14.1. The van der Waals surface area contributed by atoms with Gasteiger partial charge in [-0.25, -0.2) is 9.78 Å². The number of carbonyl (C=O) groups excluding carboxylic acids is 1. The summed E-state index contributed by atoms with van der Waals surface area (Å²) in [5, 5.41) is 0. The number of aromatic nitrogens is 1. The van der Waals surface area contributed by atoms with E-state index in [4.69, 9.17) is 5.73 Å². The van der Waals surface area contributed by atoms with Gasteiger partial charge in [0.2, 0.25) is 5.88 Å². The van der Waals surface area contributed by atoms with Crippen LogP contribution in [0.1, 0.15) is 5.56 Å². The minimum atomic E-state index is -4.73. The van der Waals surface area contributed by atoms with E-state index in [0.717, 1.165) is 6.20 Å². The average Bonchev–Trinajstić information content (AvgIpc) is 2.37. The summed E-state index contributed by atoms with van der Waals surface area (Å²) in [7, 11) is 0. The van der Waals surface area contributed by atoms with E-state index in [9.17, 15) is 18.0 Å². The number of hydrogen-bond acceptors (Lipinski definition) is 3. The molecule has 0 aliphatic rings. The Morgan fingerprint density at radius 3 is 2.35 bits per heavy atom. The monoisotopic (exact) mass is 282 g/mol. The highest BCUT2D eigenvalue weighted by molar-refractivity contribution is 5.73. The summed E-state index contributed by atoms with van der Waals surface area (Å²) in [6.07, 6.45) is -4.96. The molecule has 0 unspecified atom stereocenters. The number of amides is 1. The lowest BCUT2D eigenvalue weighted by Gasteiger charge is -2.15. The molecule has 0 spiro atoms. The van der Waals surface area contributed by atoms with Gasteiger partial charge in [0.25, 0.3) is 0 Å². The van der Waals surface area contributed by atoms with Crippen molar-refractivity contribution in [2.45, 2.75) is 6.18 Å². The molecular weight excluding hydrogens is 273 g/mol. The van der Waals surface area contributed by atoms with Crippen molar-refractivity contribution in [3.05, 3.63) is 48.2 Å². The van der Waals surface area contributed by atoms with Gasteiger partial charge in [-0.3, -0.25) is 0 Å². The lowest BCUT2D eigenvalue weighted by Crippen LogP contribution is -2.20. The molecule has 1 aromatic heterocycles. The third-order valence-electron chi connectivity index (χ3n) is 2.48. The van der Waals surface area contributed by atoms with Gasteiger partial charge in [0, 0.05) is 11.8 Å². The summed E-state index contributed by atoms with van der Waals surface area (Å²) >= 11 is 0. The molecule has 1 aromatic carbocycles. The first-order valence-corrected chi connectivity index (χ1v) is 5.48. The summed E-state index contributed by atoms with van der Waals surface area (Å²) in [5.41, 5.74) is 3.82. The van der Waals surface area contributed by atoms with Gasteiger partial charge in [0.1, 0.15) is 5.56 Å². The Balaban J connectivity index is 2.66. The van der Waals surface area contributed by atoms with E-state index in [0.29, 0.717) is 5.56 Å². The zero-order chi connectivity index (χ0) is 14.8. The summed E-state index contributed by atoms with van der Waals surface area (Å²) < 4.78 is 43.9. The number of hydrogen-bond donors (Lipinski definition) is 1. The maximum atomic E-state index is 13.2. The van der Waals surface area contributed by atoms with Crippen molar-refractivity contribution >= 4 is 6.09 Å². The molecule has 0 saturated heterocycles. The van der Waals surface area contributed by atoms with Crippen molar-refractivity contribution in [1.82, 2.24) is 4.98 Å². The van der Waals surface area contributed by atoms with Crippen LogP contribution in [0.4, 0.5) is 18.0 Å². The zero-order valence-electron chi connectivity index (χ0n) is 10.0. The Morgan fingerprint density at radius 2 is 1.80 bits per heavy atom. The minimum absolute atomic E-state index is 0.135. The first kappa shape index (κ1) is 13.9. The van der Waals surface area contributed by atoms with E-state index < -0.39 is 23.7 Å². The van der Waals surface area contributed by atoms with Crippen molar-refractivity contribution in [2.75, 3.05) is 0 Å². The van der Waals surface area contributed by atoms with Gasteiger partial charge in [0.15, 0.2) is 0 Å². The molecule has 0 aliphatic carbocycles. The predicted molar refractivity (Wildman–Crippen MR) is 64.9 cm³/mol. The maximum Gasteiger partial charge on any atom is 0.422 e. The van der Waals surface area contributed by atoms with E-state index in [2.05, 4.69) is 9.72 Å². The molecule has 7 heteroatoms. The molecule has 104 valence electrons. The Hall–Kier alpha value is -2.57. The first-order chi connectivity index (χ1) is 9.39. The topological polar surface area (TPSA) is 65.2 Å². The van der Waals surface area contributed by atoms with Gasteiger partial charge in [-0.2, -0.15) is 13.2 Å². The molecule has 0 aliphatic heterocycles. The number of nitrogens with zero attached hydrogens (tertiary/aromatic N) is 1. The standard InChI is InChI=1S/C13H9F3N2O2/c14-13(15,16)10-9(8-4-2-1-3-5-8)6-7-18-11(10)20-12(17)19/h1-7H,(H2,17,19). The van der Waals surface area contributed by atoms with Crippen LogP contribution in [0.25, 0.3) is 11.1 Å². The SMILES string of the molecule is NC(=O)Oc1nccc(-c2ccccc2)c1C(F)(F)F. The van der Waals surface area contributed by atoms with Gasteiger partial charge < -0.3 is 10.5 Å². The third kappa shape index (κ3) is 2.87. The van der Waals surface area contributed by atoms with Crippen LogP contribution in [0.3, 0.4) is 0 Å². The second-order valence-electron chi connectivity index (χ2n) is 3.82. The molecule has 0 radical (unpaired) electrons. The smallest absolute Gasteiger partial charge is 0.391 e. The number of nitrogens with two attached hydrogens (primary N) is 1. The van der Waals surface area contributed by atoms with E-state index in [1.165, 1.54) is 18.2 Å². The fraction of sp³-hybridized carbons (Fsp3) is 0.0769. The number of carbonyl (C=O) groups is 1. The summed E-state index contributed by atoms with van der Waals surface area (Å²) in [6, 6.07) is 9.11. The van der Waals surface area contributed by atoms with Crippen LogP contribution in [-0.2, 0) is 6.18 Å². The number of primary amides is 1. The van der Waals surface area contributed by atoms with Crippen molar-refractivity contribution in [2.24, 2.45) is 5.73 Å². The minimum Gasteiger partial charge on any atom is -0.391 e. The number of pyridine rings is 1. The lowest BCUT2D eigenvalue weighted by molar-refractivity contribution is -0.138. The van der Waals surface area contributed by atoms with Crippen LogP contribution in [0, 0.1) is 0 Å². The van der Waals surface area contributed by atoms with E-state index in [1.807, 2.05) is 0 Å². The Morgan fingerprint density at radius 1 is 1.15 bits per heavy atom. The molecule has 0 bridgehead atoms. The van der Waals surface area contributed by atoms with Crippen LogP contribution in [0.2, 0.25) is 0 Å². The Kier molecular flexibility index (Phi) is 3.60. The van der Waals surface area contributed by atoms with Gasteiger partial charge in [-0.05, 0) is 11.6 Å². The maximum absolute atomic E-state index is 13.2. The number of benzene rings is 1. The lowest BCUT2D eigenvalue weighted by atomic mass is 10.0. The molecule has 2 rings (SSSR count). The zero-order valence-corrected chi connectivity index (χ0v) is 10.0. The van der Waals surface area contributed by atoms with Crippen molar-refractivity contribution < 1.29 is 22.7 Å². The van der Waals surface area contributed by atoms with Crippen LogP contribution in [-0.4, -0.2) is 11.1 Å². The van der Waals surface area contributed by atoms with Gasteiger partial charge in [-0.1, -0.05) is 30.3 Å². The Bertz CT molecular complexity index is 627. The molecule has 2 N–H and O–H groups in total. The third-order valence-corrected chi connectivity index (χ3v) is 2.48. The molecule has 4 nitrogen and oxygen atoms in total. The second-order valence-corrected chi connectivity index (χ2v) is 3.82. The normalized spacial score (nSPS) is 11.2. The molecule has 2 aromatic rings. The number of alkyl halides is 3. The van der Waals surface area contributed by atoms with Crippen LogP contribution in [0.5, 0.6) is 5.88 Å². The molecule has 0 saturated carbocycles. The molecule has 1 heterocycles. The van der Waals surface area contributed by atoms with Gasteiger partial charge in [-0.15, -0.1) is 0 Å². The van der Waals surface area contributed by atoms with Gasteiger partial charge in [0.05, 0.1) is 0 Å². The highest BCUT2D eigenvalue weighted by atomic mass is 19.4. The molecule has 20 heavy (non-hydrogen) atoms. The summed E-state index contributed by atoms with van der Waals surface area (Å²) in [6.45, 7) is 0. The number of ether oxygens (including phenoxy) is 1. The quantitative estimate of drug-likeness (QED) is 0.919.